The van der Waals surface area contributed by atoms with Crippen LogP contribution in [0.15, 0.2) is 18.2 Å². The highest BCUT2D eigenvalue weighted by atomic mass is 14.9. The molecule has 2 heteroatoms. The van der Waals surface area contributed by atoms with Gasteiger partial charge in [-0.1, -0.05) is 19.1 Å². The molecule has 0 fully saturated rings. The summed E-state index contributed by atoms with van der Waals surface area (Å²) in [5, 5.41) is 6.82. The van der Waals surface area contributed by atoms with Crippen LogP contribution in [0.3, 0.4) is 0 Å². The second kappa shape index (κ2) is 4.47. The van der Waals surface area contributed by atoms with Crippen LogP contribution in [0.4, 0.5) is 5.69 Å². The molecule has 0 atom stereocenters. The SMILES string of the molecule is CCCNCc1ccc2c(c1)NCC2. The molecule has 0 saturated carbocycles. The number of fused-ring (bicyclic) bond motifs is 1. The quantitative estimate of drug-likeness (QED) is 0.711. The molecule has 0 saturated heterocycles. The maximum Gasteiger partial charge on any atom is 0.0376 e. The molecule has 14 heavy (non-hydrogen) atoms. The van der Waals surface area contributed by atoms with Crippen LogP contribution in [0.1, 0.15) is 24.5 Å². The van der Waals surface area contributed by atoms with E-state index >= 15 is 0 Å². The van der Waals surface area contributed by atoms with Crippen LogP contribution in [-0.4, -0.2) is 13.1 Å². The van der Waals surface area contributed by atoms with Gasteiger partial charge in [-0.25, -0.2) is 0 Å². The average molecular weight is 190 g/mol. The van der Waals surface area contributed by atoms with Crippen LogP contribution in [0.25, 0.3) is 0 Å². The van der Waals surface area contributed by atoms with E-state index in [4.69, 9.17) is 0 Å². The highest BCUT2D eigenvalue weighted by Crippen LogP contribution is 2.22. The van der Waals surface area contributed by atoms with Crippen LogP contribution in [0, 0.1) is 0 Å². The first-order valence-electron chi connectivity index (χ1n) is 5.46. The molecule has 0 unspecified atom stereocenters. The lowest BCUT2D eigenvalue weighted by Gasteiger charge is -2.06. The molecule has 76 valence electrons. The third-order valence-electron chi connectivity index (χ3n) is 2.64. The van der Waals surface area contributed by atoms with Crippen LogP contribution in [0.2, 0.25) is 0 Å². The van der Waals surface area contributed by atoms with Crippen molar-refractivity contribution in [1.82, 2.24) is 5.32 Å². The molecule has 2 nitrogen and oxygen atoms in total. The average Bonchev–Trinajstić information content (AvgIpc) is 2.65. The second-order valence-corrected chi connectivity index (χ2v) is 3.85. The van der Waals surface area contributed by atoms with Crippen LogP contribution >= 0.6 is 0 Å². The van der Waals surface area contributed by atoms with Gasteiger partial charge in [0.05, 0.1) is 0 Å². The highest BCUT2D eigenvalue weighted by molar-refractivity contribution is 5.56. The Bertz CT molecular complexity index is 307. The first-order chi connectivity index (χ1) is 6.90. The summed E-state index contributed by atoms with van der Waals surface area (Å²) in [6.07, 6.45) is 2.38. The summed E-state index contributed by atoms with van der Waals surface area (Å²) in [5.74, 6) is 0. The van der Waals surface area contributed by atoms with Gasteiger partial charge in [-0.3, -0.25) is 0 Å². The van der Waals surface area contributed by atoms with Gasteiger partial charge in [0.25, 0.3) is 0 Å². The van der Waals surface area contributed by atoms with Crippen molar-refractivity contribution >= 4 is 5.69 Å². The Kier molecular flexibility index (Phi) is 3.04. The number of hydrogen-bond acceptors (Lipinski definition) is 2. The molecular formula is C12H18N2. The van der Waals surface area contributed by atoms with E-state index in [9.17, 15) is 0 Å². The Morgan fingerprint density at radius 3 is 3.21 bits per heavy atom. The molecule has 0 bridgehead atoms. The molecule has 0 spiro atoms. The topological polar surface area (TPSA) is 24.1 Å². The zero-order chi connectivity index (χ0) is 9.80. The molecule has 0 aromatic heterocycles. The van der Waals surface area contributed by atoms with E-state index in [0.29, 0.717) is 0 Å². The lowest BCUT2D eigenvalue weighted by atomic mass is 10.1. The predicted octanol–water partition coefficient (Wildman–Crippen LogP) is 2.15. The van der Waals surface area contributed by atoms with Crippen LogP contribution < -0.4 is 10.6 Å². The summed E-state index contributed by atoms with van der Waals surface area (Å²) >= 11 is 0. The van der Waals surface area contributed by atoms with Crippen molar-refractivity contribution in [3.8, 4) is 0 Å². The highest BCUT2D eigenvalue weighted by Gasteiger charge is 2.09. The normalized spacial score (nSPS) is 13.8. The van der Waals surface area contributed by atoms with Crippen molar-refractivity contribution in [3.63, 3.8) is 0 Å². The third-order valence-corrected chi connectivity index (χ3v) is 2.64. The van der Waals surface area contributed by atoms with Gasteiger partial charge in [0, 0.05) is 18.8 Å². The van der Waals surface area contributed by atoms with Gasteiger partial charge >= 0.3 is 0 Å². The standard InChI is InChI=1S/C12H18N2/c1-2-6-13-9-10-3-4-11-5-7-14-12(11)8-10/h3-4,8,13-14H,2,5-7,9H2,1H3. The predicted molar refractivity (Wildman–Crippen MR) is 60.6 cm³/mol. The first-order valence-corrected chi connectivity index (χ1v) is 5.46. The molecular weight excluding hydrogens is 172 g/mol. The van der Waals surface area contributed by atoms with Gasteiger partial charge in [0.1, 0.15) is 0 Å². The van der Waals surface area contributed by atoms with Crippen molar-refractivity contribution in [3.05, 3.63) is 29.3 Å². The molecule has 2 N–H and O–H groups in total. The Balaban J connectivity index is 1.98. The number of benzene rings is 1. The van der Waals surface area contributed by atoms with E-state index in [1.54, 1.807) is 0 Å². The summed E-state index contributed by atoms with van der Waals surface area (Å²) in [6.45, 7) is 5.38. The summed E-state index contributed by atoms with van der Waals surface area (Å²) in [4.78, 5) is 0. The van der Waals surface area contributed by atoms with Gasteiger partial charge in [0.2, 0.25) is 0 Å². The fraction of sp³-hybridized carbons (Fsp3) is 0.500. The Morgan fingerprint density at radius 2 is 2.36 bits per heavy atom. The minimum absolute atomic E-state index is 0.989. The smallest absolute Gasteiger partial charge is 0.0376 e. The lowest BCUT2D eigenvalue weighted by Crippen LogP contribution is -2.13. The maximum absolute atomic E-state index is 3.41. The molecule has 0 amide bonds. The van der Waals surface area contributed by atoms with E-state index in [0.717, 1.165) is 19.6 Å². The van der Waals surface area contributed by atoms with E-state index in [2.05, 4.69) is 35.8 Å². The molecule has 1 aromatic rings. The summed E-state index contributed by atoms with van der Waals surface area (Å²) in [5.41, 5.74) is 4.18. The van der Waals surface area contributed by atoms with Crippen LogP contribution in [-0.2, 0) is 13.0 Å². The molecule has 1 aliphatic heterocycles. The molecule has 2 rings (SSSR count). The largest absolute Gasteiger partial charge is 0.384 e. The summed E-state index contributed by atoms with van der Waals surface area (Å²) < 4.78 is 0. The summed E-state index contributed by atoms with van der Waals surface area (Å²) in [7, 11) is 0. The molecule has 1 aliphatic rings. The lowest BCUT2D eigenvalue weighted by molar-refractivity contribution is 0.675. The van der Waals surface area contributed by atoms with E-state index < -0.39 is 0 Å². The molecule has 0 aliphatic carbocycles. The van der Waals surface area contributed by atoms with E-state index in [1.807, 2.05) is 0 Å². The minimum atomic E-state index is 0.989. The molecule has 1 aromatic carbocycles. The Morgan fingerprint density at radius 1 is 1.43 bits per heavy atom. The Labute approximate surface area is 85.7 Å². The van der Waals surface area contributed by atoms with E-state index in [1.165, 1.54) is 29.7 Å². The monoisotopic (exact) mass is 190 g/mol. The zero-order valence-electron chi connectivity index (χ0n) is 8.77. The third kappa shape index (κ3) is 2.07. The number of anilines is 1. The van der Waals surface area contributed by atoms with Crippen molar-refractivity contribution in [2.75, 3.05) is 18.4 Å². The van der Waals surface area contributed by atoms with Gasteiger partial charge in [0.15, 0.2) is 0 Å². The number of hydrogen-bond donors (Lipinski definition) is 2. The van der Waals surface area contributed by atoms with Gasteiger partial charge < -0.3 is 10.6 Å². The second-order valence-electron chi connectivity index (χ2n) is 3.85. The minimum Gasteiger partial charge on any atom is -0.384 e. The fourth-order valence-corrected chi connectivity index (χ4v) is 1.86. The van der Waals surface area contributed by atoms with Crippen molar-refractivity contribution in [1.29, 1.82) is 0 Å². The first kappa shape index (κ1) is 9.53. The zero-order valence-corrected chi connectivity index (χ0v) is 8.77. The van der Waals surface area contributed by atoms with E-state index in [-0.39, 0.29) is 0 Å². The van der Waals surface area contributed by atoms with Gasteiger partial charge in [-0.05, 0) is 36.6 Å². The number of nitrogens with one attached hydrogen (secondary N) is 2. The number of rotatable bonds is 4. The maximum atomic E-state index is 3.41. The van der Waals surface area contributed by atoms with Crippen LogP contribution in [0.5, 0.6) is 0 Å². The fourth-order valence-electron chi connectivity index (χ4n) is 1.86. The Hall–Kier alpha value is -1.02. The molecule has 0 radical (unpaired) electrons. The van der Waals surface area contributed by atoms with Gasteiger partial charge in [-0.15, -0.1) is 0 Å². The summed E-state index contributed by atoms with van der Waals surface area (Å²) in [6, 6.07) is 6.75. The van der Waals surface area contributed by atoms with Crippen molar-refractivity contribution < 1.29 is 0 Å². The van der Waals surface area contributed by atoms with Gasteiger partial charge in [-0.2, -0.15) is 0 Å². The van der Waals surface area contributed by atoms with Crippen molar-refractivity contribution in [2.24, 2.45) is 0 Å². The molecule has 1 heterocycles. The van der Waals surface area contributed by atoms with Crippen molar-refractivity contribution in [2.45, 2.75) is 26.3 Å².